The molecule has 2 atom stereocenters. The summed E-state index contributed by atoms with van der Waals surface area (Å²) >= 11 is 0. The Kier molecular flexibility index (Phi) is 10.2. The summed E-state index contributed by atoms with van der Waals surface area (Å²) in [7, 11) is 0. The molecule has 0 radical (unpaired) electrons. The molecule has 0 saturated heterocycles. The molecule has 0 spiro atoms. The van der Waals surface area contributed by atoms with Crippen molar-refractivity contribution in [2.24, 2.45) is 11.8 Å². The Morgan fingerprint density at radius 2 is 1.73 bits per heavy atom. The van der Waals surface area contributed by atoms with Gasteiger partial charge in [-0.15, -0.1) is 0 Å². The van der Waals surface area contributed by atoms with E-state index < -0.39 is 24.6 Å². The summed E-state index contributed by atoms with van der Waals surface area (Å²) in [6.45, 7) is 8.98. The van der Waals surface area contributed by atoms with Gasteiger partial charge in [0.1, 0.15) is 0 Å². The van der Waals surface area contributed by atoms with Gasteiger partial charge in [-0.25, -0.2) is 0 Å². The van der Waals surface area contributed by atoms with E-state index in [9.17, 15) is 14.4 Å². The van der Waals surface area contributed by atoms with Crippen LogP contribution in [-0.2, 0) is 28.6 Å². The van der Waals surface area contributed by atoms with Crippen molar-refractivity contribution in [2.75, 3.05) is 0 Å². The molecular formula is C15H27NO6. The van der Waals surface area contributed by atoms with E-state index in [0.29, 0.717) is 18.7 Å². The number of hydrogen-bond acceptors (Lipinski definition) is 6. The predicted octanol–water partition coefficient (Wildman–Crippen LogP) is 1.95. The third kappa shape index (κ3) is 10.1. The lowest BCUT2D eigenvalue weighted by Gasteiger charge is -2.22. The number of amides is 1. The van der Waals surface area contributed by atoms with Crippen molar-refractivity contribution in [3.8, 4) is 0 Å². The van der Waals surface area contributed by atoms with Gasteiger partial charge < -0.3 is 9.47 Å². The highest BCUT2D eigenvalue weighted by atomic mass is 16.8. The molecule has 0 saturated carbocycles. The van der Waals surface area contributed by atoms with Gasteiger partial charge in [0.2, 0.25) is 12.7 Å². The van der Waals surface area contributed by atoms with Crippen LogP contribution in [0.5, 0.6) is 0 Å². The van der Waals surface area contributed by atoms with Crippen molar-refractivity contribution >= 4 is 18.3 Å². The van der Waals surface area contributed by atoms with Crippen LogP contribution < -0.4 is 5.32 Å². The molecule has 0 aliphatic carbocycles. The van der Waals surface area contributed by atoms with Crippen LogP contribution in [0, 0.1) is 11.8 Å². The van der Waals surface area contributed by atoms with Gasteiger partial charge >= 0.3 is 11.9 Å². The molecule has 128 valence electrons. The maximum atomic E-state index is 11.7. The minimum absolute atomic E-state index is 0.235. The topological polar surface area (TPSA) is 90.9 Å². The first-order chi connectivity index (χ1) is 10.3. The minimum Gasteiger partial charge on any atom is -0.436 e. The van der Waals surface area contributed by atoms with E-state index in [2.05, 4.69) is 19.2 Å². The standard InChI is InChI=1S/C15H27NO6/c1-10(2)7-6-8-13(18)22-15(16-9-17)21-12(5)20-14(19)11(3)4/h9-12,15H,6-8H2,1-5H3,(H,16,17)/t12-,15?/m0/s1. The summed E-state index contributed by atoms with van der Waals surface area (Å²) in [5, 5.41) is 2.21. The molecule has 0 bridgehead atoms. The number of hydrogen-bond donors (Lipinski definition) is 1. The van der Waals surface area contributed by atoms with E-state index in [1.807, 2.05) is 0 Å². The molecule has 7 heteroatoms. The molecule has 0 aromatic heterocycles. The van der Waals surface area contributed by atoms with Gasteiger partial charge in [0, 0.05) is 6.42 Å². The van der Waals surface area contributed by atoms with Crippen molar-refractivity contribution < 1.29 is 28.6 Å². The molecule has 1 N–H and O–H groups in total. The van der Waals surface area contributed by atoms with Gasteiger partial charge in [-0.05, 0) is 19.3 Å². The van der Waals surface area contributed by atoms with E-state index in [-0.39, 0.29) is 12.3 Å². The van der Waals surface area contributed by atoms with E-state index in [4.69, 9.17) is 14.2 Å². The Bertz CT molecular complexity index is 356. The van der Waals surface area contributed by atoms with Crippen molar-refractivity contribution in [1.82, 2.24) is 5.32 Å². The normalized spacial score (nSPS) is 13.6. The molecular weight excluding hydrogens is 290 g/mol. The lowest BCUT2D eigenvalue weighted by molar-refractivity contribution is -0.239. The fraction of sp³-hybridized carbons (Fsp3) is 0.800. The molecule has 1 unspecified atom stereocenters. The van der Waals surface area contributed by atoms with Gasteiger partial charge in [-0.1, -0.05) is 34.1 Å². The van der Waals surface area contributed by atoms with Crippen molar-refractivity contribution in [2.45, 2.75) is 66.6 Å². The molecule has 0 rings (SSSR count). The highest BCUT2D eigenvalue weighted by molar-refractivity contribution is 5.71. The van der Waals surface area contributed by atoms with Crippen LogP contribution in [0.1, 0.15) is 53.9 Å². The van der Waals surface area contributed by atoms with Gasteiger partial charge in [0.25, 0.3) is 6.41 Å². The number of nitrogens with one attached hydrogen (secondary N) is 1. The molecule has 0 aromatic rings. The average molecular weight is 317 g/mol. The third-order valence-electron chi connectivity index (χ3n) is 2.67. The fourth-order valence-electron chi connectivity index (χ4n) is 1.49. The molecule has 0 aromatic carbocycles. The Balaban J connectivity index is 4.26. The largest absolute Gasteiger partial charge is 0.436 e. The number of rotatable bonds is 11. The second-order valence-electron chi connectivity index (χ2n) is 5.69. The quantitative estimate of drug-likeness (QED) is 0.356. The number of carbonyl (C=O) groups is 3. The monoisotopic (exact) mass is 317 g/mol. The van der Waals surface area contributed by atoms with Crippen LogP contribution in [0.25, 0.3) is 0 Å². The molecule has 7 nitrogen and oxygen atoms in total. The first-order valence-corrected chi connectivity index (χ1v) is 7.51. The van der Waals surface area contributed by atoms with Crippen molar-refractivity contribution in [3.05, 3.63) is 0 Å². The lowest BCUT2D eigenvalue weighted by atomic mass is 10.1. The molecule has 0 aliphatic heterocycles. The average Bonchev–Trinajstić information content (AvgIpc) is 2.37. The fourth-order valence-corrected chi connectivity index (χ4v) is 1.49. The summed E-state index contributed by atoms with van der Waals surface area (Å²) in [5.74, 6) is -0.728. The van der Waals surface area contributed by atoms with Crippen LogP contribution in [0.4, 0.5) is 0 Å². The molecule has 0 aliphatic rings. The third-order valence-corrected chi connectivity index (χ3v) is 2.67. The van der Waals surface area contributed by atoms with Crippen molar-refractivity contribution in [3.63, 3.8) is 0 Å². The zero-order valence-corrected chi connectivity index (χ0v) is 14.0. The first-order valence-electron chi connectivity index (χ1n) is 7.51. The van der Waals surface area contributed by atoms with Crippen LogP contribution in [0.2, 0.25) is 0 Å². The number of esters is 2. The predicted molar refractivity (Wildman–Crippen MR) is 79.2 cm³/mol. The zero-order valence-electron chi connectivity index (χ0n) is 14.0. The van der Waals surface area contributed by atoms with Gasteiger partial charge in [-0.3, -0.25) is 24.4 Å². The first kappa shape index (κ1) is 20.4. The minimum atomic E-state index is -1.28. The highest BCUT2D eigenvalue weighted by Gasteiger charge is 2.20. The van der Waals surface area contributed by atoms with E-state index in [0.717, 1.165) is 6.42 Å². The molecule has 0 heterocycles. The SMILES string of the molecule is CC(C)CCCC(=O)OC(NC=O)O[C@@H](C)OC(=O)C(C)C. The van der Waals surface area contributed by atoms with Crippen LogP contribution in [0.15, 0.2) is 0 Å². The molecule has 22 heavy (non-hydrogen) atoms. The summed E-state index contributed by atoms with van der Waals surface area (Å²) in [6, 6.07) is 0. The second-order valence-corrected chi connectivity index (χ2v) is 5.69. The van der Waals surface area contributed by atoms with Crippen molar-refractivity contribution in [1.29, 1.82) is 0 Å². The molecule has 0 fully saturated rings. The Hall–Kier alpha value is -1.63. The number of carbonyl (C=O) groups excluding carboxylic acids is 3. The Morgan fingerprint density at radius 3 is 2.23 bits per heavy atom. The molecule has 1 amide bonds. The highest BCUT2D eigenvalue weighted by Crippen LogP contribution is 2.09. The summed E-state index contributed by atoms with van der Waals surface area (Å²) < 4.78 is 15.1. The maximum absolute atomic E-state index is 11.7. The van der Waals surface area contributed by atoms with Crippen LogP contribution in [-0.4, -0.2) is 31.1 Å². The van der Waals surface area contributed by atoms with E-state index in [1.165, 1.54) is 6.92 Å². The van der Waals surface area contributed by atoms with Gasteiger partial charge in [0.15, 0.2) is 0 Å². The smallest absolute Gasteiger partial charge is 0.310 e. The summed E-state index contributed by atoms with van der Waals surface area (Å²) in [6.07, 6.45) is -0.0384. The Labute approximate surface area is 131 Å². The van der Waals surface area contributed by atoms with E-state index in [1.54, 1.807) is 13.8 Å². The van der Waals surface area contributed by atoms with Crippen LogP contribution >= 0.6 is 0 Å². The summed E-state index contributed by atoms with van der Waals surface area (Å²) in [5.41, 5.74) is 0. The number of ether oxygens (including phenoxy) is 3. The Morgan fingerprint density at radius 1 is 1.09 bits per heavy atom. The van der Waals surface area contributed by atoms with Gasteiger partial charge in [0.05, 0.1) is 5.92 Å². The van der Waals surface area contributed by atoms with E-state index >= 15 is 0 Å². The summed E-state index contributed by atoms with van der Waals surface area (Å²) in [4.78, 5) is 33.6. The van der Waals surface area contributed by atoms with Crippen LogP contribution in [0.3, 0.4) is 0 Å². The van der Waals surface area contributed by atoms with Gasteiger partial charge in [-0.2, -0.15) is 0 Å². The zero-order chi connectivity index (χ0) is 17.1. The lowest BCUT2D eigenvalue weighted by Crippen LogP contribution is -2.39. The maximum Gasteiger partial charge on any atom is 0.310 e. The second kappa shape index (κ2) is 11.0.